The highest BCUT2D eigenvalue weighted by Crippen LogP contribution is 2.29. The monoisotopic (exact) mass is 235 g/mol. The smallest absolute Gasteiger partial charge is 0.128 e. The first kappa shape index (κ1) is 12.4. The normalized spacial score (nSPS) is 24.6. The number of rotatable bonds is 3. The lowest BCUT2D eigenvalue weighted by Gasteiger charge is -2.28. The zero-order valence-electron chi connectivity index (χ0n) is 10.6. The molecule has 0 spiro atoms. The molecule has 0 radical (unpaired) electrons. The Kier molecular flexibility index (Phi) is 4.00. The molecular weight excluding hydrogens is 214 g/mol. The molecule has 2 unspecified atom stereocenters. The molecule has 1 heterocycles. The maximum absolute atomic E-state index is 9.27. The third-order valence-electron chi connectivity index (χ3n) is 3.43. The van der Waals surface area contributed by atoms with Crippen molar-refractivity contribution in [1.82, 2.24) is 4.98 Å². The van der Waals surface area contributed by atoms with E-state index < -0.39 is 0 Å². The second kappa shape index (κ2) is 5.50. The lowest BCUT2D eigenvalue weighted by Crippen LogP contribution is -2.24. The molecule has 1 saturated carbocycles. The predicted molar refractivity (Wildman–Crippen MR) is 66.9 cm³/mol. The van der Waals surface area contributed by atoms with Crippen molar-refractivity contribution in [3.8, 4) is 5.75 Å². The van der Waals surface area contributed by atoms with Gasteiger partial charge in [0.2, 0.25) is 0 Å². The summed E-state index contributed by atoms with van der Waals surface area (Å²) in [6, 6.07) is 1.92. The maximum Gasteiger partial charge on any atom is 0.128 e. The summed E-state index contributed by atoms with van der Waals surface area (Å²) >= 11 is 0. The first-order chi connectivity index (χ1) is 8.19. The predicted octanol–water partition coefficient (Wildman–Crippen LogP) is 2.84. The van der Waals surface area contributed by atoms with Crippen LogP contribution in [0.3, 0.4) is 0 Å². The number of aromatic nitrogens is 1. The minimum atomic E-state index is -0.00904. The van der Waals surface area contributed by atoms with Gasteiger partial charge in [-0.3, -0.25) is 4.98 Å². The van der Waals surface area contributed by atoms with E-state index in [1.807, 2.05) is 13.0 Å². The molecule has 0 aliphatic heterocycles. The molecule has 2 rings (SSSR count). The molecule has 1 aliphatic carbocycles. The van der Waals surface area contributed by atoms with Crippen LogP contribution < -0.4 is 4.74 Å². The first-order valence-electron chi connectivity index (χ1n) is 6.42. The van der Waals surface area contributed by atoms with E-state index in [1.165, 1.54) is 12.8 Å². The number of nitrogens with zero attached hydrogens (tertiary/aromatic N) is 1. The number of pyridine rings is 1. The summed E-state index contributed by atoms with van der Waals surface area (Å²) in [5, 5.41) is 9.27. The number of hydrogen-bond donors (Lipinski definition) is 1. The minimum absolute atomic E-state index is 0.00904. The van der Waals surface area contributed by atoms with E-state index in [1.54, 1.807) is 6.20 Å². The molecule has 1 aromatic rings. The van der Waals surface area contributed by atoms with Crippen LogP contribution in [-0.4, -0.2) is 16.2 Å². The van der Waals surface area contributed by atoms with Gasteiger partial charge in [0, 0.05) is 23.5 Å². The van der Waals surface area contributed by atoms with E-state index >= 15 is 0 Å². The summed E-state index contributed by atoms with van der Waals surface area (Å²) in [6.45, 7) is 4.21. The second-order valence-corrected chi connectivity index (χ2v) is 5.10. The molecule has 1 N–H and O–H groups in total. The Balaban J connectivity index is 2.08. The molecule has 1 aliphatic rings. The van der Waals surface area contributed by atoms with Gasteiger partial charge in [0.1, 0.15) is 5.75 Å². The molecule has 1 aromatic heterocycles. The molecule has 0 bridgehead atoms. The van der Waals surface area contributed by atoms with Crippen LogP contribution in [0.25, 0.3) is 0 Å². The fourth-order valence-electron chi connectivity index (χ4n) is 2.46. The molecule has 3 nitrogen and oxygen atoms in total. The molecule has 1 fully saturated rings. The van der Waals surface area contributed by atoms with Crippen molar-refractivity contribution in [1.29, 1.82) is 0 Å². The van der Waals surface area contributed by atoms with Crippen LogP contribution in [0.4, 0.5) is 0 Å². The summed E-state index contributed by atoms with van der Waals surface area (Å²) in [5.41, 5.74) is 1.72. The number of aliphatic hydroxyl groups is 1. The topological polar surface area (TPSA) is 42.4 Å². The molecule has 17 heavy (non-hydrogen) atoms. The van der Waals surface area contributed by atoms with Crippen LogP contribution in [0, 0.1) is 12.8 Å². The van der Waals surface area contributed by atoms with Gasteiger partial charge in [0.05, 0.1) is 12.7 Å². The number of aryl methyl sites for hydroxylation is 1. The SMILES string of the molecule is Cc1cc(OC2CCCC(C)C2)c(CO)cn1. The van der Waals surface area contributed by atoms with E-state index in [9.17, 15) is 5.11 Å². The van der Waals surface area contributed by atoms with Crippen molar-refractivity contribution < 1.29 is 9.84 Å². The highest BCUT2D eigenvalue weighted by Gasteiger charge is 2.21. The third-order valence-corrected chi connectivity index (χ3v) is 3.43. The fourth-order valence-corrected chi connectivity index (χ4v) is 2.46. The Labute approximate surface area is 103 Å². The highest BCUT2D eigenvalue weighted by atomic mass is 16.5. The molecule has 3 heteroatoms. The van der Waals surface area contributed by atoms with Crippen LogP contribution >= 0.6 is 0 Å². The lowest BCUT2D eigenvalue weighted by molar-refractivity contribution is 0.125. The van der Waals surface area contributed by atoms with Gasteiger partial charge in [-0.2, -0.15) is 0 Å². The Bertz CT molecular complexity index is 378. The first-order valence-corrected chi connectivity index (χ1v) is 6.42. The zero-order chi connectivity index (χ0) is 12.3. The fraction of sp³-hybridized carbons (Fsp3) is 0.643. The standard InChI is InChI=1S/C14H21NO2/c1-10-4-3-5-13(6-10)17-14-7-11(2)15-8-12(14)9-16/h7-8,10,13,16H,3-6,9H2,1-2H3. The summed E-state index contributed by atoms with van der Waals surface area (Å²) in [4.78, 5) is 4.18. The van der Waals surface area contributed by atoms with Crippen molar-refractivity contribution in [3.63, 3.8) is 0 Å². The van der Waals surface area contributed by atoms with E-state index in [0.29, 0.717) is 6.10 Å². The zero-order valence-corrected chi connectivity index (χ0v) is 10.6. The van der Waals surface area contributed by atoms with Crippen LogP contribution in [0.1, 0.15) is 43.9 Å². The summed E-state index contributed by atoms with van der Waals surface area (Å²) in [7, 11) is 0. The number of aliphatic hydroxyl groups excluding tert-OH is 1. The van der Waals surface area contributed by atoms with E-state index in [4.69, 9.17) is 4.74 Å². The van der Waals surface area contributed by atoms with E-state index in [0.717, 1.165) is 35.8 Å². The Morgan fingerprint density at radius 1 is 1.47 bits per heavy atom. The Morgan fingerprint density at radius 3 is 3.00 bits per heavy atom. The summed E-state index contributed by atoms with van der Waals surface area (Å²) in [5.74, 6) is 1.55. The van der Waals surface area contributed by atoms with Crippen molar-refractivity contribution in [3.05, 3.63) is 23.5 Å². The van der Waals surface area contributed by atoms with Crippen molar-refractivity contribution in [2.45, 2.75) is 52.2 Å². The number of hydrogen-bond acceptors (Lipinski definition) is 3. The summed E-state index contributed by atoms with van der Waals surface area (Å²) < 4.78 is 6.03. The van der Waals surface area contributed by atoms with Crippen LogP contribution in [0.2, 0.25) is 0 Å². The summed E-state index contributed by atoms with van der Waals surface area (Å²) in [6.07, 6.45) is 6.79. The quantitative estimate of drug-likeness (QED) is 0.876. The van der Waals surface area contributed by atoms with E-state index in [2.05, 4.69) is 11.9 Å². The largest absolute Gasteiger partial charge is 0.490 e. The average molecular weight is 235 g/mol. The van der Waals surface area contributed by atoms with Gasteiger partial charge in [0.25, 0.3) is 0 Å². The molecular formula is C14H21NO2. The van der Waals surface area contributed by atoms with Gasteiger partial charge >= 0.3 is 0 Å². The van der Waals surface area contributed by atoms with Crippen LogP contribution in [0.15, 0.2) is 12.3 Å². The molecule has 2 atom stereocenters. The van der Waals surface area contributed by atoms with Gasteiger partial charge < -0.3 is 9.84 Å². The molecule has 0 saturated heterocycles. The van der Waals surface area contributed by atoms with Gasteiger partial charge in [0.15, 0.2) is 0 Å². The number of ether oxygens (including phenoxy) is 1. The molecule has 0 amide bonds. The molecule has 94 valence electrons. The Hall–Kier alpha value is -1.09. The van der Waals surface area contributed by atoms with Crippen LogP contribution in [0.5, 0.6) is 5.75 Å². The van der Waals surface area contributed by atoms with Gasteiger partial charge in [-0.15, -0.1) is 0 Å². The van der Waals surface area contributed by atoms with E-state index in [-0.39, 0.29) is 6.61 Å². The van der Waals surface area contributed by atoms with Gasteiger partial charge in [-0.05, 0) is 32.1 Å². The van der Waals surface area contributed by atoms with Gasteiger partial charge in [-0.25, -0.2) is 0 Å². The van der Waals surface area contributed by atoms with Crippen molar-refractivity contribution in [2.24, 2.45) is 5.92 Å². The Morgan fingerprint density at radius 2 is 2.29 bits per heavy atom. The van der Waals surface area contributed by atoms with Crippen molar-refractivity contribution in [2.75, 3.05) is 0 Å². The third kappa shape index (κ3) is 3.19. The maximum atomic E-state index is 9.27. The van der Waals surface area contributed by atoms with Crippen LogP contribution in [-0.2, 0) is 6.61 Å². The lowest BCUT2D eigenvalue weighted by atomic mass is 9.88. The molecule has 0 aromatic carbocycles. The second-order valence-electron chi connectivity index (χ2n) is 5.10. The minimum Gasteiger partial charge on any atom is -0.490 e. The van der Waals surface area contributed by atoms with Crippen molar-refractivity contribution >= 4 is 0 Å². The average Bonchev–Trinajstić information content (AvgIpc) is 2.29. The van der Waals surface area contributed by atoms with Gasteiger partial charge in [-0.1, -0.05) is 13.3 Å². The highest BCUT2D eigenvalue weighted by molar-refractivity contribution is 5.32.